The molecule has 1 aliphatic rings. The Hall–Kier alpha value is -0.780. The molecular weight excluding hydrogens is 270 g/mol. The van der Waals surface area contributed by atoms with Crippen LogP contribution in [0, 0.1) is 6.92 Å². The predicted octanol–water partition coefficient (Wildman–Crippen LogP) is 1.99. The van der Waals surface area contributed by atoms with Crippen molar-refractivity contribution in [2.24, 2.45) is 5.73 Å². The molecule has 1 aromatic heterocycles. The van der Waals surface area contributed by atoms with E-state index in [0.717, 1.165) is 31.5 Å². The Morgan fingerprint density at radius 2 is 2.22 bits per heavy atom. The lowest BCUT2D eigenvalue weighted by Crippen LogP contribution is -2.29. The number of primary amides is 1. The topological polar surface area (TPSA) is 68.0 Å². The zero-order valence-electron chi connectivity index (χ0n) is 10.2. The first-order chi connectivity index (χ1) is 8.58. The van der Waals surface area contributed by atoms with Crippen molar-refractivity contribution in [1.29, 1.82) is 0 Å². The van der Waals surface area contributed by atoms with E-state index in [2.05, 4.69) is 10.3 Å². The number of pyridine rings is 1. The van der Waals surface area contributed by atoms with Gasteiger partial charge in [0.15, 0.2) is 0 Å². The molecule has 0 spiro atoms. The number of nitrogens with zero attached hydrogens (tertiary/aromatic N) is 1. The van der Waals surface area contributed by atoms with Crippen LogP contribution in [0.4, 0.5) is 0 Å². The maximum atomic E-state index is 11.5. The molecule has 3 N–H and O–H groups in total. The molecule has 18 heavy (non-hydrogen) atoms. The number of nitrogens with two attached hydrogens (primary N) is 1. The van der Waals surface area contributed by atoms with Gasteiger partial charge in [-0.1, -0.05) is 11.6 Å². The zero-order valence-corrected chi connectivity index (χ0v) is 11.8. The van der Waals surface area contributed by atoms with E-state index in [1.807, 2.05) is 6.92 Å². The van der Waals surface area contributed by atoms with Crippen LogP contribution in [0.25, 0.3) is 0 Å². The fourth-order valence-corrected chi connectivity index (χ4v) is 3.68. The fourth-order valence-electron chi connectivity index (χ4n) is 2.06. The summed E-state index contributed by atoms with van der Waals surface area (Å²) in [6, 6.07) is 1.67. The number of carbonyl (C=O) groups excluding carboxylic acids is 1. The second kappa shape index (κ2) is 5.91. The average molecular weight is 286 g/mol. The van der Waals surface area contributed by atoms with Crippen molar-refractivity contribution in [3.8, 4) is 0 Å². The number of piperidine rings is 1. The molecule has 0 saturated carbocycles. The van der Waals surface area contributed by atoms with Gasteiger partial charge in [0.25, 0.3) is 5.91 Å². The van der Waals surface area contributed by atoms with Gasteiger partial charge in [-0.2, -0.15) is 0 Å². The lowest BCUT2D eigenvalue weighted by atomic mass is 10.1. The first kappa shape index (κ1) is 13.6. The molecule has 98 valence electrons. The number of aromatic nitrogens is 1. The van der Waals surface area contributed by atoms with Gasteiger partial charge in [0, 0.05) is 5.25 Å². The van der Waals surface area contributed by atoms with E-state index in [4.69, 9.17) is 17.3 Å². The van der Waals surface area contributed by atoms with E-state index in [0.29, 0.717) is 21.0 Å². The lowest BCUT2D eigenvalue weighted by Gasteiger charge is -2.22. The maximum Gasteiger partial charge on any atom is 0.251 e. The van der Waals surface area contributed by atoms with E-state index < -0.39 is 5.91 Å². The van der Waals surface area contributed by atoms with Gasteiger partial charge in [-0.15, -0.1) is 11.8 Å². The smallest absolute Gasteiger partial charge is 0.251 e. The number of thioether (sulfide) groups is 1. The van der Waals surface area contributed by atoms with Crippen molar-refractivity contribution >= 4 is 29.3 Å². The molecule has 1 aliphatic heterocycles. The van der Waals surface area contributed by atoms with Crippen LogP contribution in [-0.4, -0.2) is 29.2 Å². The minimum Gasteiger partial charge on any atom is -0.366 e. The zero-order chi connectivity index (χ0) is 13.1. The second-order valence-corrected chi connectivity index (χ2v) is 6.05. The summed E-state index contributed by atoms with van der Waals surface area (Å²) in [6.45, 7) is 3.84. The normalized spacial score (nSPS) is 16.8. The summed E-state index contributed by atoms with van der Waals surface area (Å²) in [7, 11) is 0. The minimum absolute atomic E-state index is 0.411. The first-order valence-corrected chi connectivity index (χ1v) is 7.18. The molecule has 0 radical (unpaired) electrons. The Morgan fingerprint density at radius 1 is 1.56 bits per heavy atom. The molecular formula is C12H16ClN3OS. The first-order valence-electron chi connectivity index (χ1n) is 5.92. The van der Waals surface area contributed by atoms with Crippen LogP contribution in [-0.2, 0) is 0 Å². The number of rotatable bonds is 3. The summed E-state index contributed by atoms with van der Waals surface area (Å²) in [4.78, 5) is 15.8. The molecule has 1 fully saturated rings. The molecule has 0 unspecified atom stereocenters. The number of nitrogens with one attached hydrogen (secondary N) is 1. The standard InChI is InChI=1S/C12H16ClN3OS/c1-7-6-9(13)16-12(10(7)11(14)17)18-8-2-4-15-5-3-8/h6,8,15H,2-5H2,1H3,(H2,14,17). The highest BCUT2D eigenvalue weighted by atomic mass is 35.5. The lowest BCUT2D eigenvalue weighted by molar-refractivity contribution is 0.0996. The molecule has 2 heterocycles. The van der Waals surface area contributed by atoms with Crippen LogP contribution in [0.2, 0.25) is 5.15 Å². The van der Waals surface area contributed by atoms with Gasteiger partial charge < -0.3 is 11.1 Å². The quantitative estimate of drug-likeness (QED) is 0.834. The second-order valence-electron chi connectivity index (χ2n) is 4.37. The SMILES string of the molecule is Cc1cc(Cl)nc(SC2CCNCC2)c1C(N)=O. The van der Waals surface area contributed by atoms with Gasteiger partial charge in [-0.05, 0) is 44.5 Å². The molecule has 1 saturated heterocycles. The molecule has 0 aromatic carbocycles. The molecule has 1 amide bonds. The Bertz CT molecular complexity index is 461. The van der Waals surface area contributed by atoms with E-state index in [-0.39, 0.29) is 0 Å². The van der Waals surface area contributed by atoms with Crippen molar-refractivity contribution in [3.05, 3.63) is 22.3 Å². The van der Waals surface area contributed by atoms with E-state index in [9.17, 15) is 4.79 Å². The summed E-state index contributed by atoms with van der Waals surface area (Å²) in [5.74, 6) is -0.437. The molecule has 2 rings (SSSR count). The summed E-state index contributed by atoms with van der Waals surface area (Å²) < 4.78 is 0. The van der Waals surface area contributed by atoms with Crippen molar-refractivity contribution in [2.45, 2.75) is 30.0 Å². The Labute approximate surface area is 116 Å². The Balaban J connectivity index is 2.27. The molecule has 1 aromatic rings. The molecule has 0 atom stereocenters. The van der Waals surface area contributed by atoms with Gasteiger partial charge in [0.05, 0.1) is 5.56 Å². The summed E-state index contributed by atoms with van der Waals surface area (Å²) in [5.41, 5.74) is 6.72. The number of hydrogen-bond donors (Lipinski definition) is 2. The molecule has 4 nitrogen and oxygen atoms in total. The Kier molecular flexibility index (Phi) is 4.48. The van der Waals surface area contributed by atoms with Crippen molar-refractivity contribution in [1.82, 2.24) is 10.3 Å². The number of carbonyl (C=O) groups is 1. The number of amides is 1. The summed E-state index contributed by atoms with van der Waals surface area (Å²) in [6.07, 6.45) is 2.13. The predicted molar refractivity (Wildman–Crippen MR) is 74.3 cm³/mol. The van der Waals surface area contributed by atoms with E-state index in [1.165, 1.54) is 0 Å². The average Bonchev–Trinajstić information content (AvgIpc) is 2.28. The van der Waals surface area contributed by atoms with Crippen LogP contribution in [0.5, 0.6) is 0 Å². The number of aryl methyl sites for hydroxylation is 1. The van der Waals surface area contributed by atoms with Crippen LogP contribution in [0.3, 0.4) is 0 Å². The molecule has 6 heteroatoms. The van der Waals surface area contributed by atoms with Gasteiger partial charge in [-0.3, -0.25) is 4.79 Å². The fraction of sp³-hybridized carbons (Fsp3) is 0.500. The maximum absolute atomic E-state index is 11.5. The molecule has 0 aliphatic carbocycles. The largest absolute Gasteiger partial charge is 0.366 e. The highest BCUT2D eigenvalue weighted by molar-refractivity contribution is 7.99. The van der Waals surface area contributed by atoms with Gasteiger partial charge in [0.1, 0.15) is 10.2 Å². The highest BCUT2D eigenvalue weighted by Crippen LogP contribution is 2.32. The summed E-state index contributed by atoms with van der Waals surface area (Å²) >= 11 is 7.57. The van der Waals surface area contributed by atoms with Gasteiger partial charge in [-0.25, -0.2) is 4.98 Å². The number of hydrogen-bond acceptors (Lipinski definition) is 4. The highest BCUT2D eigenvalue weighted by Gasteiger charge is 2.20. The number of halogens is 1. The third-order valence-corrected chi connectivity index (χ3v) is 4.48. The third-order valence-electron chi connectivity index (χ3n) is 2.96. The van der Waals surface area contributed by atoms with Crippen LogP contribution < -0.4 is 11.1 Å². The van der Waals surface area contributed by atoms with Crippen molar-refractivity contribution < 1.29 is 4.79 Å². The van der Waals surface area contributed by atoms with Gasteiger partial charge in [0.2, 0.25) is 0 Å². The van der Waals surface area contributed by atoms with Crippen LogP contribution >= 0.6 is 23.4 Å². The summed E-state index contributed by atoms with van der Waals surface area (Å²) in [5, 5.41) is 4.85. The van der Waals surface area contributed by atoms with Crippen LogP contribution in [0.15, 0.2) is 11.1 Å². The minimum atomic E-state index is -0.437. The third kappa shape index (κ3) is 3.16. The van der Waals surface area contributed by atoms with E-state index >= 15 is 0 Å². The van der Waals surface area contributed by atoms with Crippen molar-refractivity contribution in [2.75, 3.05) is 13.1 Å². The van der Waals surface area contributed by atoms with Gasteiger partial charge >= 0.3 is 0 Å². The van der Waals surface area contributed by atoms with E-state index in [1.54, 1.807) is 17.8 Å². The van der Waals surface area contributed by atoms with Crippen LogP contribution in [0.1, 0.15) is 28.8 Å². The molecule has 0 bridgehead atoms. The monoisotopic (exact) mass is 285 g/mol. The van der Waals surface area contributed by atoms with Crippen molar-refractivity contribution in [3.63, 3.8) is 0 Å². The Morgan fingerprint density at radius 3 is 2.83 bits per heavy atom.